The summed E-state index contributed by atoms with van der Waals surface area (Å²) in [7, 11) is 0. The van der Waals surface area contributed by atoms with Crippen molar-refractivity contribution in [2.45, 2.75) is 0 Å². The van der Waals surface area contributed by atoms with Crippen LogP contribution in [0, 0.1) is 11.6 Å². The van der Waals surface area contributed by atoms with Crippen molar-refractivity contribution in [3.8, 4) is 67.8 Å². The zero-order chi connectivity index (χ0) is 28.5. The molecule has 42 heavy (non-hydrogen) atoms. The topological polar surface area (TPSA) is 57.4 Å². The van der Waals surface area contributed by atoms with E-state index in [1.54, 1.807) is 24.3 Å². The second-order valence-corrected chi connectivity index (χ2v) is 9.94. The minimum atomic E-state index is -0.286. The number of nitrogens with one attached hydrogen (secondary N) is 2. The molecule has 0 aliphatic carbocycles. The molecule has 0 aliphatic rings. The van der Waals surface area contributed by atoms with Crippen LogP contribution in [0.2, 0.25) is 0 Å². The van der Waals surface area contributed by atoms with Crippen LogP contribution in [-0.2, 0) is 0 Å². The second-order valence-electron chi connectivity index (χ2n) is 9.94. The number of nitrogens with zero attached hydrogens (tertiary/aromatic N) is 2. The average molecular weight is 551 g/mol. The van der Waals surface area contributed by atoms with E-state index in [0.717, 1.165) is 56.2 Å². The summed E-state index contributed by atoms with van der Waals surface area (Å²) in [5, 5.41) is 0. The zero-order valence-corrected chi connectivity index (χ0v) is 22.4. The Hall–Kier alpha value is -5.62. The summed E-state index contributed by atoms with van der Waals surface area (Å²) in [5.74, 6) is 0.838. The fourth-order valence-corrected chi connectivity index (χ4v) is 5.07. The maximum Gasteiger partial charge on any atom is 0.138 e. The summed E-state index contributed by atoms with van der Waals surface area (Å²) < 4.78 is 27.3. The Kier molecular flexibility index (Phi) is 6.49. The second kappa shape index (κ2) is 10.7. The van der Waals surface area contributed by atoms with Gasteiger partial charge in [-0.1, -0.05) is 84.9 Å². The van der Waals surface area contributed by atoms with Crippen molar-refractivity contribution in [2.75, 3.05) is 0 Å². The number of hydrogen-bond acceptors (Lipinski definition) is 2. The minimum Gasteiger partial charge on any atom is -0.337 e. The van der Waals surface area contributed by atoms with Crippen molar-refractivity contribution in [1.29, 1.82) is 0 Å². The number of halogens is 2. The first-order valence-corrected chi connectivity index (χ1v) is 13.6. The molecule has 0 bridgehead atoms. The first-order valence-electron chi connectivity index (χ1n) is 13.6. The lowest BCUT2D eigenvalue weighted by Gasteiger charge is -2.03. The van der Waals surface area contributed by atoms with Crippen molar-refractivity contribution < 1.29 is 8.78 Å². The molecule has 2 N–H and O–H groups in total. The number of aromatic nitrogens is 4. The molecule has 202 valence electrons. The smallest absolute Gasteiger partial charge is 0.138 e. The third-order valence-corrected chi connectivity index (χ3v) is 7.20. The molecule has 7 aromatic rings. The number of imidazole rings is 2. The van der Waals surface area contributed by atoms with E-state index in [0.29, 0.717) is 11.6 Å². The lowest BCUT2D eigenvalue weighted by atomic mass is 10.1. The van der Waals surface area contributed by atoms with Crippen LogP contribution in [0.4, 0.5) is 8.78 Å². The highest BCUT2D eigenvalue weighted by atomic mass is 19.1. The molecule has 2 aromatic heterocycles. The highest BCUT2D eigenvalue weighted by Gasteiger charge is 2.18. The quantitative estimate of drug-likeness (QED) is 0.217. The van der Waals surface area contributed by atoms with Gasteiger partial charge in [-0.25, -0.2) is 18.7 Å². The van der Waals surface area contributed by atoms with Gasteiger partial charge in [-0.15, -0.1) is 0 Å². The molecule has 7 rings (SSSR count). The van der Waals surface area contributed by atoms with E-state index >= 15 is 0 Å². The number of rotatable bonds is 6. The van der Waals surface area contributed by atoms with Crippen LogP contribution >= 0.6 is 0 Å². The molecule has 4 nitrogen and oxygen atoms in total. The molecule has 0 amide bonds. The largest absolute Gasteiger partial charge is 0.337 e. The van der Waals surface area contributed by atoms with Gasteiger partial charge in [0.1, 0.15) is 23.3 Å². The molecule has 0 aliphatic heterocycles. The minimum absolute atomic E-state index is 0.286. The van der Waals surface area contributed by atoms with Gasteiger partial charge >= 0.3 is 0 Å². The monoisotopic (exact) mass is 550 g/mol. The molecule has 0 saturated carbocycles. The van der Waals surface area contributed by atoms with Gasteiger partial charge in [0, 0.05) is 33.4 Å². The van der Waals surface area contributed by atoms with E-state index in [1.807, 2.05) is 84.9 Å². The maximum atomic E-state index is 13.7. The first kappa shape index (κ1) is 25.4. The normalized spacial score (nSPS) is 11.1. The van der Waals surface area contributed by atoms with Crippen LogP contribution in [-0.4, -0.2) is 19.9 Å². The zero-order valence-electron chi connectivity index (χ0n) is 22.4. The summed E-state index contributed by atoms with van der Waals surface area (Å²) in [6.07, 6.45) is 0. The third-order valence-electron chi connectivity index (χ3n) is 7.20. The molecular weight excluding hydrogens is 526 g/mol. The Morgan fingerprint density at radius 1 is 0.357 bits per heavy atom. The predicted octanol–water partition coefficient (Wildman–Crippen LogP) is 9.41. The van der Waals surface area contributed by atoms with Gasteiger partial charge < -0.3 is 9.97 Å². The molecule has 0 atom stereocenters. The van der Waals surface area contributed by atoms with Crippen molar-refractivity contribution in [2.24, 2.45) is 0 Å². The number of aromatic amines is 2. The molecule has 0 radical (unpaired) electrons. The molecule has 2 heterocycles. The van der Waals surface area contributed by atoms with E-state index in [1.165, 1.54) is 24.3 Å². The molecule has 0 spiro atoms. The van der Waals surface area contributed by atoms with E-state index in [9.17, 15) is 8.78 Å². The van der Waals surface area contributed by atoms with E-state index < -0.39 is 0 Å². The lowest BCUT2D eigenvalue weighted by molar-refractivity contribution is 0.627. The summed E-state index contributed by atoms with van der Waals surface area (Å²) in [6.45, 7) is 0. The molecule has 0 unspecified atom stereocenters. The van der Waals surface area contributed by atoms with Gasteiger partial charge in [-0.2, -0.15) is 0 Å². The number of benzene rings is 5. The summed E-state index contributed by atoms with van der Waals surface area (Å²) in [4.78, 5) is 16.8. The predicted molar refractivity (Wildman–Crippen MR) is 163 cm³/mol. The Morgan fingerprint density at radius 3 is 1.05 bits per heavy atom. The van der Waals surface area contributed by atoms with Crippen molar-refractivity contribution in [1.82, 2.24) is 19.9 Å². The molecule has 0 fully saturated rings. The lowest BCUT2D eigenvalue weighted by Crippen LogP contribution is -1.85. The molecule has 6 heteroatoms. The fraction of sp³-hybridized carbons (Fsp3) is 0. The maximum absolute atomic E-state index is 13.7. The van der Waals surface area contributed by atoms with Crippen molar-refractivity contribution in [3.63, 3.8) is 0 Å². The number of hydrogen-bond donors (Lipinski definition) is 2. The Morgan fingerprint density at radius 2 is 0.690 bits per heavy atom. The van der Waals surface area contributed by atoms with Gasteiger partial charge in [-0.3, -0.25) is 0 Å². The summed E-state index contributed by atoms with van der Waals surface area (Å²) >= 11 is 0. The van der Waals surface area contributed by atoms with Gasteiger partial charge in [0.05, 0.1) is 22.8 Å². The third kappa shape index (κ3) is 4.90. The molecular formula is C36H24F2N4. The fourth-order valence-electron chi connectivity index (χ4n) is 5.07. The van der Waals surface area contributed by atoms with Gasteiger partial charge in [0.25, 0.3) is 0 Å². The van der Waals surface area contributed by atoms with Crippen LogP contribution in [0.25, 0.3) is 67.8 Å². The Balaban J connectivity index is 1.27. The van der Waals surface area contributed by atoms with Crippen molar-refractivity contribution >= 4 is 0 Å². The van der Waals surface area contributed by atoms with Gasteiger partial charge in [0.2, 0.25) is 0 Å². The number of H-pyrrole nitrogens is 2. The van der Waals surface area contributed by atoms with E-state index in [2.05, 4.69) is 9.97 Å². The van der Waals surface area contributed by atoms with Crippen LogP contribution in [0.15, 0.2) is 133 Å². The SMILES string of the molecule is Fc1ccc(-c2[nH]c(-c3ccc(-c4nc(-c5ccccc5)c(-c5ccc(F)cc5)[nH]4)cc3)nc2-c2ccccc2)cc1. The van der Waals surface area contributed by atoms with Gasteiger partial charge in [0.15, 0.2) is 0 Å². The average Bonchev–Trinajstić information content (AvgIpc) is 3.69. The first-order chi connectivity index (χ1) is 20.6. The Bertz CT molecular complexity index is 1810. The standard InChI is InChI=1S/C36H24F2N4/c37-29-19-15-25(16-20-29)33-31(23-7-3-1-4-8-23)39-35(41-33)27-11-13-28(14-12-27)36-40-32(24-9-5-2-6-10-24)34(42-36)26-17-21-30(38)22-18-26/h1-22H,(H,39,41)(H,40,42). The van der Waals surface area contributed by atoms with Crippen molar-refractivity contribution in [3.05, 3.63) is 145 Å². The summed E-state index contributed by atoms with van der Waals surface area (Å²) in [6, 6.07) is 40.7. The van der Waals surface area contributed by atoms with Crippen LogP contribution in [0.5, 0.6) is 0 Å². The highest BCUT2D eigenvalue weighted by molar-refractivity contribution is 5.83. The van der Waals surface area contributed by atoms with E-state index in [4.69, 9.17) is 9.97 Å². The van der Waals surface area contributed by atoms with Crippen LogP contribution < -0.4 is 0 Å². The highest BCUT2D eigenvalue weighted by Crippen LogP contribution is 2.35. The Labute approximate surface area is 241 Å². The van der Waals surface area contributed by atoms with Crippen LogP contribution in [0.1, 0.15) is 0 Å². The van der Waals surface area contributed by atoms with Gasteiger partial charge in [-0.05, 0) is 48.5 Å². The van der Waals surface area contributed by atoms with Crippen LogP contribution in [0.3, 0.4) is 0 Å². The summed E-state index contributed by atoms with van der Waals surface area (Å²) in [5.41, 5.74) is 8.67. The van der Waals surface area contributed by atoms with E-state index in [-0.39, 0.29) is 11.6 Å². The molecule has 5 aromatic carbocycles. The molecule has 0 saturated heterocycles.